The van der Waals surface area contributed by atoms with Gasteiger partial charge in [-0.15, -0.1) is 0 Å². The van der Waals surface area contributed by atoms with Gasteiger partial charge in [0.1, 0.15) is 0 Å². The van der Waals surface area contributed by atoms with Crippen LogP contribution in [0.3, 0.4) is 0 Å². The van der Waals surface area contributed by atoms with E-state index < -0.39 is 6.08 Å². The second-order valence-corrected chi connectivity index (χ2v) is 3.98. The van der Waals surface area contributed by atoms with Gasteiger partial charge >= 0.3 is 0 Å². The molecule has 1 aromatic rings. The molecule has 0 heterocycles. The molecule has 0 amide bonds. The van der Waals surface area contributed by atoms with Crippen LogP contribution in [-0.2, 0) is 6.42 Å². The summed E-state index contributed by atoms with van der Waals surface area (Å²) in [6, 6.07) is 9.95. The third kappa shape index (κ3) is 5.29. The Labute approximate surface area is 101 Å². The van der Waals surface area contributed by atoms with Crippen LogP contribution in [0.4, 0.5) is 8.78 Å². The normalized spacial score (nSPS) is 11.2. The first-order valence-electron chi connectivity index (χ1n) is 5.51. The van der Waals surface area contributed by atoms with Crippen LogP contribution in [0, 0.1) is 0 Å². The summed E-state index contributed by atoms with van der Waals surface area (Å²) in [6.07, 6.45) is 2.32. The highest BCUT2D eigenvalue weighted by Crippen LogP contribution is 2.11. The van der Waals surface area contributed by atoms with Crippen molar-refractivity contribution in [1.29, 1.82) is 0 Å². The summed E-state index contributed by atoms with van der Waals surface area (Å²) in [6.45, 7) is 0. The minimum absolute atomic E-state index is 0.266. The van der Waals surface area contributed by atoms with Crippen molar-refractivity contribution in [3.63, 3.8) is 0 Å². The van der Waals surface area contributed by atoms with E-state index in [1.807, 2.05) is 55.4 Å². The molecule has 0 spiro atoms. The van der Waals surface area contributed by atoms with E-state index in [1.165, 1.54) is 5.56 Å². The molecule has 17 heavy (non-hydrogen) atoms. The van der Waals surface area contributed by atoms with Crippen molar-refractivity contribution in [2.24, 2.45) is 0 Å². The van der Waals surface area contributed by atoms with Crippen LogP contribution < -0.4 is 0 Å². The van der Waals surface area contributed by atoms with E-state index in [2.05, 4.69) is 0 Å². The van der Waals surface area contributed by atoms with Gasteiger partial charge in [0, 0.05) is 26.2 Å². The van der Waals surface area contributed by atoms with E-state index in [-0.39, 0.29) is 6.42 Å². The summed E-state index contributed by atoms with van der Waals surface area (Å²) >= 11 is 0. The van der Waals surface area contributed by atoms with Crippen molar-refractivity contribution in [2.45, 2.75) is 12.8 Å². The predicted octanol–water partition coefficient (Wildman–Crippen LogP) is 3.85. The molecule has 0 bridgehead atoms. The maximum Gasteiger partial charge on any atom is 0.266 e. The zero-order chi connectivity index (χ0) is 12.7. The Balaban J connectivity index is 2.68. The Morgan fingerprint density at radius 3 is 2.29 bits per heavy atom. The molecule has 3 heteroatoms. The summed E-state index contributed by atoms with van der Waals surface area (Å²) in [5.41, 5.74) is 2.07. The molecule has 0 radical (unpaired) electrons. The fourth-order valence-electron chi connectivity index (χ4n) is 1.48. The quantitative estimate of drug-likeness (QED) is 0.752. The monoisotopic (exact) mass is 237 g/mol. The highest BCUT2D eigenvalue weighted by atomic mass is 19.3. The van der Waals surface area contributed by atoms with Gasteiger partial charge in [-0.2, -0.15) is 8.78 Å². The average Bonchev–Trinajstić information content (AvgIpc) is 2.29. The SMILES string of the molecule is CN(C)/C(=C\Cc1ccccc1)CC=C(F)F. The van der Waals surface area contributed by atoms with Gasteiger partial charge in [-0.1, -0.05) is 36.4 Å². The molecule has 92 valence electrons. The van der Waals surface area contributed by atoms with Crippen LogP contribution in [0.15, 0.2) is 54.3 Å². The first-order chi connectivity index (χ1) is 8.09. The summed E-state index contributed by atoms with van der Waals surface area (Å²) in [5, 5.41) is 0. The van der Waals surface area contributed by atoms with Gasteiger partial charge in [0.05, 0.1) is 0 Å². The number of halogens is 2. The van der Waals surface area contributed by atoms with Gasteiger partial charge in [0.25, 0.3) is 6.08 Å². The number of benzene rings is 1. The fourth-order valence-corrected chi connectivity index (χ4v) is 1.48. The molecule has 0 saturated heterocycles. The Bertz CT molecular complexity index is 390. The Hall–Kier alpha value is -1.64. The molecular weight excluding hydrogens is 220 g/mol. The molecule has 0 aliphatic heterocycles. The smallest absolute Gasteiger partial charge is 0.266 e. The lowest BCUT2D eigenvalue weighted by molar-refractivity contribution is 0.415. The van der Waals surface area contributed by atoms with E-state index in [0.717, 1.165) is 18.2 Å². The minimum Gasteiger partial charge on any atom is -0.381 e. The van der Waals surface area contributed by atoms with Crippen LogP contribution in [0.2, 0.25) is 0 Å². The van der Waals surface area contributed by atoms with E-state index >= 15 is 0 Å². The van der Waals surface area contributed by atoms with E-state index in [1.54, 1.807) is 0 Å². The van der Waals surface area contributed by atoms with Gasteiger partial charge in [-0.05, 0) is 18.1 Å². The lowest BCUT2D eigenvalue weighted by atomic mass is 10.1. The van der Waals surface area contributed by atoms with Gasteiger partial charge in [-0.25, -0.2) is 0 Å². The number of rotatable bonds is 5. The van der Waals surface area contributed by atoms with Crippen LogP contribution in [0.1, 0.15) is 12.0 Å². The van der Waals surface area contributed by atoms with E-state index in [4.69, 9.17) is 0 Å². The van der Waals surface area contributed by atoms with Crippen LogP contribution >= 0.6 is 0 Å². The average molecular weight is 237 g/mol. The number of allylic oxidation sites excluding steroid dienone is 2. The highest BCUT2D eigenvalue weighted by Gasteiger charge is 1.99. The summed E-state index contributed by atoms with van der Waals surface area (Å²) in [4.78, 5) is 1.86. The summed E-state index contributed by atoms with van der Waals surface area (Å²) in [5.74, 6) is 0. The van der Waals surface area contributed by atoms with Crippen molar-refractivity contribution in [1.82, 2.24) is 4.90 Å². The Morgan fingerprint density at radius 1 is 1.12 bits per heavy atom. The lowest BCUT2D eigenvalue weighted by Gasteiger charge is -2.15. The van der Waals surface area contributed by atoms with Crippen molar-refractivity contribution >= 4 is 0 Å². The van der Waals surface area contributed by atoms with Crippen molar-refractivity contribution in [2.75, 3.05) is 14.1 Å². The van der Waals surface area contributed by atoms with Crippen LogP contribution in [-0.4, -0.2) is 19.0 Å². The summed E-state index contributed by atoms with van der Waals surface area (Å²) in [7, 11) is 3.72. The first kappa shape index (κ1) is 13.4. The van der Waals surface area contributed by atoms with E-state index in [0.29, 0.717) is 0 Å². The molecular formula is C14H17F2N. The number of nitrogens with zero attached hydrogens (tertiary/aromatic N) is 1. The van der Waals surface area contributed by atoms with Gasteiger partial charge in [-0.3, -0.25) is 0 Å². The molecule has 0 aliphatic carbocycles. The van der Waals surface area contributed by atoms with Gasteiger partial charge in [0.2, 0.25) is 0 Å². The van der Waals surface area contributed by atoms with Crippen molar-refractivity contribution in [3.05, 3.63) is 59.8 Å². The largest absolute Gasteiger partial charge is 0.381 e. The Morgan fingerprint density at radius 2 is 1.76 bits per heavy atom. The van der Waals surface area contributed by atoms with E-state index in [9.17, 15) is 8.78 Å². The number of hydrogen-bond acceptors (Lipinski definition) is 1. The topological polar surface area (TPSA) is 3.24 Å². The maximum atomic E-state index is 12.0. The summed E-state index contributed by atoms with van der Waals surface area (Å²) < 4.78 is 24.1. The first-order valence-corrected chi connectivity index (χ1v) is 5.51. The van der Waals surface area contributed by atoms with Crippen molar-refractivity contribution in [3.8, 4) is 0 Å². The number of hydrogen-bond donors (Lipinski definition) is 0. The maximum absolute atomic E-state index is 12.0. The molecule has 0 N–H and O–H groups in total. The van der Waals surface area contributed by atoms with Crippen molar-refractivity contribution < 1.29 is 8.78 Å². The van der Waals surface area contributed by atoms with Gasteiger partial charge < -0.3 is 4.90 Å². The Kier molecular flexibility index (Phi) is 5.40. The molecule has 0 saturated carbocycles. The lowest BCUT2D eigenvalue weighted by Crippen LogP contribution is -2.10. The second-order valence-electron chi connectivity index (χ2n) is 3.98. The molecule has 0 aromatic heterocycles. The highest BCUT2D eigenvalue weighted by molar-refractivity contribution is 5.19. The standard InChI is InChI=1S/C14H17F2N/c1-17(2)13(10-11-14(15)16)9-8-12-6-4-3-5-7-12/h3-7,9,11H,8,10H2,1-2H3/b13-9-. The molecule has 1 nitrogen and oxygen atoms in total. The van der Waals surface area contributed by atoms with Gasteiger partial charge in [0.15, 0.2) is 0 Å². The molecule has 1 aromatic carbocycles. The molecule has 1 rings (SSSR count). The second kappa shape index (κ2) is 6.84. The molecule has 0 atom stereocenters. The fraction of sp³-hybridized carbons (Fsp3) is 0.286. The zero-order valence-electron chi connectivity index (χ0n) is 10.2. The van der Waals surface area contributed by atoms with Crippen LogP contribution in [0.5, 0.6) is 0 Å². The molecule has 0 fully saturated rings. The minimum atomic E-state index is -1.63. The van der Waals surface area contributed by atoms with Crippen LogP contribution in [0.25, 0.3) is 0 Å². The zero-order valence-corrected chi connectivity index (χ0v) is 10.2. The third-order valence-corrected chi connectivity index (χ3v) is 2.46. The molecule has 0 aliphatic rings. The predicted molar refractivity (Wildman–Crippen MR) is 66.8 cm³/mol. The third-order valence-electron chi connectivity index (χ3n) is 2.46. The molecule has 0 unspecified atom stereocenters.